The third-order valence-corrected chi connectivity index (χ3v) is 2.65. The van der Waals surface area contributed by atoms with Gasteiger partial charge in [0, 0.05) is 18.9 Å². The molecule has 1 amide bonds. The van der Waals surface area contributed by atoms with Crippen molar-refractivity contribution in [1.29, 1.82) is 0 Å². The number of alkyl carbamates (subject to hydrolysis) is 1. The Morgan fingerprint density at radius 2 is 2.06 bits per heavy atom. The molecule has 0 aromatic rings. The number of hydrogen-bond donors (Lipinski definition) is 2. The highest BCUT2D eigenvalue weighted by Gasteiger charge is 2.46. The third kappa shape index (κ3) is 4.46. The standard InChI is InChI=1S/C11H20F2N2O2/c1-10(2,3)17-9(16)15-8-5-11(12,13)4-7(8)6-14/h7-8H,4-6,14H2,1-3H3,(H,15,16)/t7-,8-/m0/s1. The van der Waals surface area contributed by atoms with E-state index in [0.717, 1.165) is 0 Å². The van der Waals surface area contributed by atoms with Crippen molar-refractivity contribution in [3.05, 3.63) is 0 Å². The van der Waals surface area contributed by atoms with Crippen molar-refractivity contribution in [2.24, 2.45) is 11.7 Å². The lowest BCUT2D eigenvalue weighted by Gasteiger charge is -2.23. The van der Waals surface area contributed by atoms with Crippen LogP contribution in [0.2, 0.25) is 0 Å². The largest absolute Gasteiger partial charge is 0.444 e. The number of nitrogens with two attached hydrogens (primary N) is 1. The summed E-state index contributed by atoms with van der Waals surface area (Å²) in [5, 5.41) is 2.47. The van der Waals surface area contributed by atoms with Gasteiger partial charge in [0.2, 0.25) is 0 Å². The van der Waals surface area contributed by atoms with E-state index in [9.17, 15) is 13.6 Å². The molecule has 0 aromatic carbocycles. The fourth-order valence-corrected chi connectivity index (χ4v) is 1.97. The van der Waals surface area contributed by atoms with Crippen LogP contribution < -0.4 is 11.1 Å². The van der Waals surface area contributed by atoms with E-state index < -0.39 is 29.6 Å². The van der Waals surface area contributed by atoms with Gasteiger partial charge in [0.1, 0.15) is 5.60 Å². The number of nitrogens with one attached hydrogen (secondary N) is 1. The first-order valence-electron chi connectivity index (χ1n) is 5.70. The highest BCUT2D eigenvalue weighted by Crippen LogP contribution is 2.38. The third-order valence-electron chi connectivity index (χ3n) is 2.65. The van der Waals surface area contributed by atoms with E-state index in [0.29, 0.717) is 0 Å². The minimum Gasteiger partial charge on any atom is -0.444 e. The van der Waals surface area contributed by atoms with E-state index in [-0.39, 0.29) is 19.4 Å². The molecule has 1 saturated carbocycles. The predicted octanol–water partition coefficient (Wildman–Crippen LogP) is 1.88. The maximum Gasteiger partial charge on any atom is 0.407 e. The van der Waals surface area contributed by atoms with E-state index in [1.165, 1.54) is 0 Å². The Morgan fingerprint density at radius 3 is 2.53 bits per heavy atom. The second-order valence-electron chi connectivity index (χ2n) is 5.51. The van der Waals surface area contributed by atoms with Gasteiger partial charge in [-0.15, -0.1) is 0 Å². The summed E-state index contributed by atoms with van der Waals surface area (Å²) in [6, 6.07) is -0.607. The van der Waals surface area contributed by atoms with Crippen LogP contribution in [0.15, 0.2) is 0 Å². The molecule has 0 unspecified atom stereocenters. The second-order valence-corrected chi connectivity index (χ2v) is 5.51. The molecule has 0 heterocycles. The molecule has 1 fully saturated rings. The van der Waals surface area contributed by atoms with Crippen LogP contribution in [-0.4, -0.2) is 30.2 Å². The summed E-state index contributed by atoms with van der Waals surface area (Å²) >= 11 is 0. The highest BCUT2D eigenvalue weighted by atomic mass is 19.3. The molecule has 1 aliphatic carbocycles. The minimum absolute atomic E-state index is 0.135. The van der Waals surface area contributed by atoms with Crippen LogP contribution in [-0.2, 0) is 4.74 Å². The van der Waals surface area contributed by atoms with Crippen LogP contribution in [0.25, 0.3) is 0 Å². The number of halogens is 2. The lowest BCUT2D eigenvalue weighted by molar-refractivity contribution is 0.00349. The van der Waals surface area contributed by atoms with Crippen LogP contribution >= 0.6 is 0 Å². The first-order chi connectivity index (χ1) is 7.63. The van der Waals surface area contributed by atoms with Gasteiger partial charge in [-0.1, -0.05) is 0 Å². The zero-order chi connectivity index (χ0) is 13.3. The molecule has 6 heteroatoms. The first kappa shape index (κ1) is 14.2. The molecule has 2 atom stereocenters. The van der Waals surface area contributed by atoms with Gasteiger partial charge in [0.05, 0.1) is 0 Å². The van der Waals surface area contributed by atoms with Crippen molar-refractivity contribution in [2.45, 2.75) is 51.2 Å². The van der Waals surface area contributed by atoms with Gasteiger partial charge in [-0.25, -0.2) is 13.6 Å². The fourth-order valence-electron chi connectivity index (χ4n) is 1.97. The summed E-state index contributed by atoms with van der Waals surface area (Å²) < 4.78 is 31.4. The number of amides is 1. The number of ether oxygens (including phenoxy) is 1. The lowest BCUT2D eigenvalue weighted by Crippen LogP contribution is -2.42. The molecule has 0 aliphatic heterocycles. The summed E-state index contributed by atoms with van der Waals surface area (Å²) in [4.78, 5) is 11.5. The van der Waals surface area contributed by atoms with Crippen LogP contribution in [0.5, 0.6) is 0 Å². The van der Waals surface area contributed by atoms with Gasteiger partial charge >= 0.3 is 6.09 Å². The number of hydrogen-bond acceptors (Lipinski definition) is 3. The topological polar surface area (TPSA) is 64.3 Å². The second kappa shape index (κ2) is 4.76. The zero-order valence-electron chi connectivity index (χ0n) is 10.4. The molecule has 0 aromatic heterocycles. The van der Waals surface area contributed by atoms with Crippen molar-refractivity contribution in [1.82, 2.24) is 5.32 Å². The highest BCUT2D eigenvalue weighted by molar-refractivity contribution is 5.68. The smallest absolute Gasteiger partial charge is 0.407 e. The zero-order valence-corrected chi connectivity index (χ0v) is 10.4. The summed E-state index contributed by atoms with van der Waals surface area (Å²) in [7, 11) is 0. The van der Waals surface area contributed by atoms with E-state index in [4.69, 9.17) is 10.5 Å². The van der Waals surface area contributed by atoms with Crippen molar-refractivity contribution >= 4 is 6.09 Å². The molecule has 0 bridgehead atoms. The van der Waals surface area contributed by atoms with Crippen LogP contribution in [0.4, 0.5) is 13.6 Å². The summed E-state index contributed by atoms with van der Waals surface area (Å²) in [5.41, 5.74) is 4.79. The van der Waals surface area contributed by atoms with E-state index in [1.54, 1.807) is 20.8 Å². The minimum atomic E-state index is -2.75. The Hall–Kier alpha value is -0.910. The number of alkyl halides is 2. The molecule has 0 spiro atoms. The summed E-state index contributed by atoms with van der Waals surface area (Å²) in [5.74, 6) is -3.14. The number of carbonyl (C=O) groups excluding carboxylic acids is 1. The first-order valence-corrected chi connectivity index (χ1v) is 5.70. The SMILES string of the molecule is CC(C)(C)OC(=O)N[C@H]1CC(F)(F)C[C@H]1CN. The van der Waals surface area contributed by atoms with Crippen LogP contribution in [0.3, 0.4) is 0 Å². The molecular formula is C11H20F2N2O2. The van der Waals surface area contributed by atoms with Gasteiger partial charge in [-0.05, 0) is 33.2 Å². The Morgan fingerprint density at radius 1 is 1.47 bits per heavy atom. The van der Waals surface area contributed by atoms with E-state index in [2.05, 4.69) is 5.32 Å². The summed E-state index contributed by atoms with van der Waals surface area (Å²) in [6.07, 6.45) is -1.31. The van der Waals surface area contributed by atoms with Gasteiger partial charge in [-0.3, -0.25) is 0 Å². The Bertz CT molecular complexity index is 290. The Kier molecular flexibility index (Phi) is 3.96. The monoisotopic (exact) mass is 250 g/mol. The molecule has 3 N–H and O–H groups in total. The summed E-state index contributed by atoms with van der Waals surface area (Å²) in [6.45, 7) is 5.29. The average Bonchev–Trinajstić information content (AvgIpc) is 2.36. The van der Waals surface area contributed by atoms with Crippen molar-refractivity contribution in [3.8, 4) is 0 Å². The number of carbonyl (C=O) groups is 1. The Balaban J connectivity index is 2.53. The van der Waals surface area contributed by atoms with Gasteiger partial charge < -0.3 is 15.8 Å². The van der Waals surface area contributed by atoms with Crippen LogP contribution in [0.1, 0.15) is 33.6 Å². The van der Waals surface area contributed by atoms with E-state index >= 15 is 0 Å². The van der Waals surface area contributed by atoms with Crippen LogP contribution in [0, 0.1) is 5.92 Å². The maximum absolute atomic E-state index is 13.2. The quantitative estimate of drug-likeness (QED) is 0.786. The normalized spacial score (nSPS) is 27.9. The molecule has 1 aliphatic rings. The van der Waals surface area contributed by atoms with Crippen molar-refractivity contribution < 1.29 is 18.3 Å². The molecule has 4 nitrogen and oxygen atoms in total. The molecule has 100 valence electrons. The van der Waals surface area contributed by atoms with Crippen molar-refractivity contribution in [2.75, 3.05) is 6.54 Å². The fraction of sp³-hybridized carbons (Fsp3) is 0.909. The molecular weight excluding hydrogens is 230 g/mol. The van der Waals surface area contributed by atoms with Crippen molar-refractivity contribution in [3.63, 3.8) is 0 Å². The van der Waals surface area contributed by atoms with Gasteiger partial charge in [0.25, 0.3) is 5.92 Å². The van der Waals surface area contributed by atoms with Gasteiger partial charge in [0.15, 0.2) is 0 Å². The number of rotatable bonds is 2. The van der Waals surface area contributed by atoms with Gasteiger partial charge in [-0.2, -0.15) is 0 Å². The predicted molar refractivity (Wildman–Crippen MR) is 59.9 cm³/mol. The van der Waals surface area contributed by atoms with E-state index in [1.807, 2.05) is 0 Å². The maximum atomic E-state index is 13.2. The molecule has 1 rings (SSSR count). The lowest BCUT2D eigenvalue weighted by atomic mass is 10.0. The molecule has 0 radical (unpaired) electrons. The molecule has 17 heavy (non-hydrogen) atoms. The molecule has 0 saturated heterocycles. The Labute approximate surface area is 99.9 Å². The average molecular weight is 250 g/mol.